The lowest BCUT2D eigenvalue weighted by atomic mass is 10.2. The maximum Gasteiger partial charge on any atom is 0.238 e. The number of ether oxygens (including phenoxy) is 1. The summed E-state index contributed by atoms with van der Waals surface area (Å²) < 4.78 is 12.0. The molecule has 0 spiro atoms. The van der Waals surface area contributed by atoms with Crippen LogP contribution in [0.25, 0.3) is 11.4 Å². The lowest BCUT2D eigenvalue weighted by molar-refractivity contribution is -0.115. The van der Waals surface area contributed by atoms with Gasteiger partial charge in [-0.3, -0.25) is 4.79 Å². The molecule has 0 saturated heterocycles. The van der Waals surface area contributed by atoms with Crippen LogP contribution in [0.5, 0.6) is 5.75 Å². The fraction of sp³-hybridized carbons (Fsp3) is 0.294. The molecule has 0 bridgehead atoms. The Morgan fingerprint density at radius 2 is 2.04 bits per heavy atom. The second-order valence-electron chi connectivity index (χ2n) is 5.67. The van der Waals surface area contributed by atoms with Crippen molar-refractivity contribution in [1.29, 1.82) is 0 Å². The zero-order valence-corrected chi connectivity index (χ0v) is 15.7. The fourth-order valence-corrected chi connectivity index (χ4v) is 3.09. The molecule has 136 valence electrons. The van der Waals surface area contributed by atoms with Crippen molar-refractivity contribution in [2.75, 3.05) is 12.4 Å². The van der Waals surface area contributed by atoms with Gasteiger partial charge in [0.25, 0.3) is 0 Å². The summed E-state index contributed by atoms with van der Waals surface area (Å²) in [5, 5.41) is 15.2. The van der Waals surface area contributed by atoms with Gasteiger partial charge in [0.15, 0.2) is 16.8 Å². The van der Waals surface area contributed by atoms with Crippen LogP contribution in [0.4, 0.5) is 5.82 Å². The van der Waals surface area contributed by atoms with Crippen LogP contribution in [0, 0.1) is 6.92 Å². The molecule has 1 atom stereocenters. The zero-order valence-electron chi connectivity index (χ0n) is 14.9. The number of hydrogen-bond donors (Lipinski definition) is 1. The standard InChI is InChI=1S/C17H19N5O3S/c1-10-9-14(21-25-10)18-16(23)11(2)26-17-20-19-15(22(17)3)12-5-7-13(24-4)8-6-12/h5-9,11H,1-4H3,(H,18,21,23)/t11-/m1/s1. The Morgan fingerprint density at radius 1 is 1.31 bits per heavy atom. The van der Waals surface area contributed by atoms with Gasteiger partial charge in [-0.05, 0) is 38.1 Å². The normalized spacial score (nSPS) is 12.0. The second-order valence-corrected chi connectivity index (χ2v) is 6.97. The number of nitrogens with zero attached hydrogens (tertiary/aromatic N) is 4. The maximum absolute atomic E-state index is 12.3. The monoisotopic (exact) mass is 373 g/mol. The van der Waals surface area contributed by atoms with E-state index in [4.69, 9.17) is 9.26 Å². The Labute approximate surface area is 154 Å². The zero-order chi connectivity index (χ0) is 18.7. The van der Waals surface area contributed by atoms with E-state index in [1.165, 1.54) is 11.8 Å². The minimum absolute atomic E-state index is 0.183. The first-order chi connectivity index (χ1) is 12.5. The Balaban J connectivity index is 1.69. The third-order valence-electron chi connectivity index (χ3n) is 3.71. The molecule has 0 aliphatic carbocycles. The first-order valence-electron chi connectivity index (χ1n) is 7.92. The Morgan fingerprint density at radius 3 is 2.65 bits per heavy atom. The van der Waals surface area contributed by atoms with E-state index < -0.39 is 0 Å². The number of anilines is 1. The van der Waals surface area contributed by atoms with Crippen molar-refractivity contribution < 1.29 is 14.1 Å². The Kier molecular flexibility index (Phi) is 5.27. The summed E-state index contributed by atoms with van der Waals surface area (Å²) in [6.07, 6.45) is 0. The number of nitrogens with one attached hydrogen (secondary N) is 1. The number of hydrogen-bond acceptors (Lipinski definition) is 7. The Bertz CT molecular complexity index is 904. The maximum atomic E-state index is 12.3. The quantitative estimate of drug-likeness (QED) is 0.664. The smallest absolute Gasteiger partial charge is 0.238 e. The molecule has 3 aromatic rings. The SMILES string of the molecule is COc1ccc(-c2nnc(S[C@H](C)C(=O)Nc3cc(C)on3)n2C)cc1. The van der Waals surface area contributed by atoms with E-state index in [2.05, 4.69) is 20.7 Å². The van der Waals surface area contributed by atoms with E-state index >= 15 is 0 Å². The van der Waals surface area contributed by atoms with E-state index in [0.717, 1.165) is 17.1 Å². The topological polar surface area (TPSA) is 95.1 Å². The van der Waals surface area contributed by atoms with Crippen molar-refractivity contribution in [1.82, 2.24) is 19.9 Å². The number of aromatic nitrogens is 4. The number of thioether (sulfide) groups is 1. The molecule has 0 aliphatic heterocycles. The van der Waals surface area contributed by atoms with Gasteiger partial charge in [0.2, 0.25) is 5.91 Å². The summed E-state index contributed by atoms with van der Waals surface area (Å²) in [5.74, 6) is 2.35. The molecule has 1 aromatic carbocycles. The van der Waals surface area contributed by atoms with Gasteiger partial charge in [-0.25, -0.2) is 0 Å². The largest absolute Gasteiger partial charge is 0.497 e. The van der Waals surface area contributed by atoms with Gasteiger partial charge in [-0.1, -0.05) is 16.9 Å². The van der Waals surface area contributed by atoms with E-state index in [0.29, 0.717) is 16.7 Å². The van der Waals surface area contributed by atoms with E-state index in [-0.39, 0.29) is 11.2 Å². The molecule has 8 nitrogen and oxygen atoms in total. The van der Waals surface area contributed by atoms with Gasteiger partial charge in [-0.2, -0.15) is 0 Å². The molecule has 9 heteroatoms. The van der Waals surface area contributed by atoms with E-state index in [9.17, 15) is 4.79 Å². The number of carbonyl (C=O) groups is 1. The third kappa shape index (κ3) is 3.88. The van der Waals surface area contributed by atoms with Crippen LogP contribution in [0.2, 0.25) is 0 Å². The molecule has 1 amide bonds. The van der Waals surface area contributed by atoms with Crippen molar-refractivity contribution in [2.24, 2.45) is 7.05 Å². The van der Waals surface area contributed by atoms with Gasteiger partial charge in [0, 0.05) is 18.7 Å². The van der Waals surface area contributed by atoms with Crippen LogP contribution in [-0.4, -0.2) is 38.2 Å². The minimum Gasteiger partial charge on any atom is -0.497 e. The van der Waals surface area contributed by atoms with Crippen molar-refractivity contribution in [3.63, 3.8) is 0 Å². The van der Waals surface area contributed by atoms with Crippen molar-refractivity contribution >= 4 is 23.5 Å². The molecule has 0 radical (unpaired) electrons. The molecule has 0 unspecified atom stereocenters. The molecule has 0 fully saturated rings. The first-order valence-corrected chi connectivity index (χ1v) is 8.80. The highest BCUT2D eigenvalue weighted by Crippen LogP contribution is 2.27. The highest BCUT2D eigenvalue weighted by Gasteiger charge is 2.20. The van der Waals surface area contributed by atoms with Crippen molar-refractivity contribution in [3.05, 3.63) is 36.1 Å². The Hall–Kier alpha value is -2.81. The van der Waals surface area contributed by atoms with Gasteiger partial charge < -0.3 is 19.1 Å². The molecule has 1 N–H and O–H groups in total. The molecule has 2 aromatic heterocycles. The average molecular weight is 373 g/mol. The van der Waals surface area contributed by atoms with Gasteiger partial charge >= 0.3 is 0 Å². The lowest BCUT2D eigenvalue weighted by Crippen LogP contribution is -2.23. The summed E-state index contributed by atoms with van der Waals surface area (Å²) in [4.78, 5) is 12.3. The summed E-state index contributed by atoms with van der Waals surface area (Å²) >= 11 is 1.32. The first kappa shape index (κ1) is 18.0. The molecule has 26 heavy (non-hydrogen) atoms. The van der Waals surface area contributed by atoms with Crippen molar-refractivity contribution in [2.45, 2.75) is 24.3 Å². The lowest BCUT2D eigenvalue weighted by Gasteiger charge is -2.10. The van der Waals surface area contributed by atoms with Crippen molar-refractivity contribution in [3.8, 4) is 17.1 Å². The van der Waals surface area contributed by atoms with Gasteiger partial charge in [0.05, 0.1) is 12.4 Å². The molecular formula is C17H19N5O3S. The fourth-order valence-electron chi connectivity index (χ4n) is 2.27. The molecule has 0 saturated carbocycles. The van der Waals surface area contributed by atoms with E-state index in [1.54, 1.807) is 27.0 Å². The van der Waals surface area contributed by atoms with Crippen LogP contribution in [0.15, 0.2) is 40.0 Å². The predicted octanol–water partition coefficient (Wildman–Crippen LogP) is 2.91. The molecule has 3 rings (SSSR count). The molecule has 2 heterocycles. The van der Waals surface area contributed by atoms with Crippen LogP contribution in [0.1, 0.15) is 12.7 Å². The van der Waals surface area contributed by atoms with Crippen LogP contribution >= 0.6 is 11.8 Å². The van der Waals surface area contributed by atoms with Crippen LogP contribution in [0.3, 0.4) is 0 Å². The number of amides is 1. The summed E-state index contributed by atoms with van der Waals surface area (Å²) in [7, 11) is 3.49. The highest BCUT2D eigenvalue weighted by atomic mass is 32.2. The second kappa shape index (κ2) is 7.61. The third-order valence-corrected chi connectivity index (χ3v) is 4.85. The van der Waals surface area contributed by atoms with E-state index in [1.807, 2.05) is 35.9 Å². The average Bonchev–Trinajstić information content (AvgIpc) is 3.21. The predicted molar refractivity (Wildman–Crippen MR) is 98.2 cm³/mol. The van der Waals surface area contributed by atoms with Crippen LogP contribution in [-0.2, 0) is 11.8 Å². The van der Waals surface area contributed by atoms with Gasteiger partial charge in [-0.15, -0.1) is 10.2 Å². The number of rotatable bonds is 6. The molecule has 0 aliphatic rings. The van der Waals surface area contributed by atoms with Gasteiger partial charge in [0.1, 0.15) is 11.5 Å². The molecular weight excluding hydrogens is 354 g/mol. The number of methoxy groups -OCH3 is 1. The number of carbonyl (C=O) groups excluding carboxylic acids is 1. The summed E-state index contributed by atoms with van der Waals surface area (Å²) in [6.45, 7) is 3.57. The number of benzene rings is 1. The number of aryl methyl sites for hydroxylation is 1. The highest BCUT2D eigenvalue weighted by molar-refractivity contribution is 8.00. The van der Waals surface area contributed by atoms with Crippen LogP contribution < -0.4 is 10.1 Å². The minimum atomic E-state index is -0.376. The summed E-state index contributed by atoms with van der Waals surface area (Å²) in [5.41, 5.74) is 0.919. The summed E-state index contributed by atoms with van der Waals surface area (Å²) in [6, 6.07) is 9.24.